The molecule has 0 spiro atoms. The maximum absolute atomic E-state index is 13.1. The molecule has 124 valence electrons. The second-order valence-corrected chi connectivity index (χ2v) is 5.80. The Morgan fingerprint density at radius 1 is 0.920 bits per heavy atom. The average Bonchev–Trinajstić information content (AvgIpc) is 2.65. The summed E-state index contributed by atoms with van der Waals surface area (Å²) in [6.45, 7) is 0. The molecule has 1 heterocycles. The molecule has 0 N–H and O–H groups in total. The number of nitriles is 1. The van der Waals surface area contributed by atoms with Crippen molar-refractivity contribution < 1.29 is 14.4 Å². The number of imide groups is 2. The van der Waals surface area contributed by atoms with E-state index in [1.54, 1.807) is 60.7 Å². The molecule has 1 atom stereocenters. The molecule has 0 bridgehead atoms. The smallest absolute Gasteiger partial charge is 0.272 e. The predicted octanol–water partition coefficient (Wildman–Crippen LogP) is 2.36. The van der Waals surface area contributed by atoms with Gasteiger partial charge in [0.2, 0.25) is 5.41 Å². The molecule has 1 saturated heterocycles. The zero-order valence-electron chi connectivity index (χ0n) is 13.5. The number of nitrogens with zero attached hydrogens (tertiary/aromatic N) is 3. The summed E-state index contributed by atoms with van der Waals surface area (Å²) < 4.78 is 0. The molecular formula is C19H15N3O3. The Bertz CT molecular complexity index is 874. The number of para-hydroxylation sites is 1. The van der Waals surface area contributed by atoms with Gasteiger partial charge in [-0.05, 0) is 17.7 Å². The zero-order valence-corrected chi connectivity index (χ0v) is 13.5. The molecule has 2 aromatic carbocycles. The molecule has 3 rings (SSSR count). The number of rotatable bonds is 3. The number of carbonyl (C=O) groups is 3. The fourth-order valence-electron chi connectivity index (χ4n) is 2.89. The second kappa shape index (κ2) is 6.21. The van der Waals surface area contributed by atoms with Gasteiger partial charge in [-0.2, -0.15) is 5.26 Å². The van der Waals surface area contributed by atoms with Crippen molar-refractivity contribution in [2.24, 2.45) is 5.41 Å². The summed E-state index contributed by atoms with van der Waals surface area (Å²) in [5, 5.41) is 9.76. The van der Waals surface area contributed by atoms with Gasteiger partial charge in [0.25, 0.3) is 11.8 Å². The van der Waals surface area contributed by atoms with Crippen molar-refractivity contribution in [2.75, 3.05) is 11.9 Å². The van der Waals surface area contributed by atoms with Crippen molar-refractivity contribution >= 4 is 23.5 Å². The summed E-state index contributed by atoms with van der Waals surface area (Å²) in [6.07, 6.45) is -0.0943. The maximum atomic E-state index is 13.1. The number of carbonyl (C=O) groups excluding carboxylic acids is 3. The Kier molecular flexibility index (Phi) is 4.07. The molecule has 2 aromatic rings. The first-order chi connectivity index (χ1) is 12.0. The molecular weight excluding hydrogens is 318 g/mol. The predicted molar refractivity (Wildman–Crippen MR) is 90.3 cm³/mol. The van der Waals surface area contributed by atoms with Crippen molar-refractivity contribution in [2.45, 2.75) is 6.42 Å². The number of anilines is 1. The number of hydrogen-bond acceptors (Lipinski definition) is 4. The summed E-state index contributed by atoms with van der Waals surface area (Å²) in [5.74, 6) is -1.63. The largest absolute Gasteiger partial charge is 0.337 e. The minimum atomic E-state index is -1.97. The fraction of sp³-hybridized carbons (Fsp3) is 0.158. The van der Waals surface area contributed by atoms with Gasteiger partial charge in [-0.1, -0.05) is 48.5 Å². The SMILES string of the molecule is CN1C(=O)N(c2ccccc2)C(=O)C(C#N)(Cc2ccccc2)C1=O. The molecule has 6 heteroatoms. The Morgan fingerprint density at radius 3 is 2.04 bits per heavy atom. The van der Waals surface area contributed by atoms with Crippen molar-refractivity contribution in [3.8, 4) is 6.07 Å². The van der Waals surface area contributed by atoms with E-state index in [2.05, 4.69) is 0 Å². The molecule has 0 aromatic heterocycles. The molecule has 6 nitrogen and oxygen atoms in total. The van der Waals surface area contributed by atoms with E-state index in [-0.39, 0.29) is 6.42 Å². The van der Waals surface area contributed by atoms with Crippen LogP contribution in [0.3, 0.4) is 0 Å². The minimum absolute atomic E-state index is 0.0943. The zero-order chi connectivity index (χ0) is 18.0. The maximum Gasteiger partial charge on any atom is 0.337 e. The average molecular weight is 333 g/mol. The normalized spacial score (nSPS) is 20.6. The summed E-state index contributed by atoms with van der Waals surface area (Å²) in [7, 11) is 1.28. The molecule has 1 aliphatic rings. The van der Waals surface area contributed by atoms with Gasteiger partial charge < -0.3 is 0 Å². The Balaban J connectivity index is 2.11. The van der Waals surface area contributed by atoms with E-state index in [4.69, 9.17) is 0 Å². The molecule has 1 unspecified atom stereocenters. The van der Waals surface area contributed by atoms with E-state index in [1.165, 1.54) is 7.05 Å². The molecule has 4 amide bonds. The van der Waals surface area contributed by atoms with E-state index < -0.39 is 23.3 Å². The lowest BCUT2D eigenvalue weighted by Gasteiger charge is -2.39. The lowest BCUT2D eigenvalue weighted by molar-refractivity contribution is -0.144. The van der Waals surface area contributed by atoms with Crippen LogP contribution in [0.1, 0.15) is 5.56 Å². The van der Waals surface area contributed by atoms with Crippen LogP contribution >= 0.6 is 0 Å². The third-order valence-electron chi connectivity index (χ3n) is 4.23. The Morgan fingerprint density at radius 2 is 1.48 bits per heavy atom. The van der Waals surface area contributed by atoms with E-state index in [0.717, 1.165) is 9.80 Å². The second-order valence-electron chi connectivity index (χ2n) is 5.80. The summed E-state index contributed by atoms with van der Waals surface area (Å²) in [4.78, 5) is 40.0. The molecule has 0 radical (unpaired) electrons. The van der Waals surface area contributed by atoms with Crippen molar-refractivity contribution in [3.05, 3.63) is 66.2 Å². The van der Waals surface area contributed by atoms with E-state index in [1.807, 2.05) is 6.07 Å². The molecule has 0 aliphatic carbocycles. The van der Waals surface area contributed by atoms with Gasteiger partial charge in [-0.3, -0.25) is 14.5 Å². The first-order valence-corrected chi connectivity index (χ1v) is 7.68. The van der Waals surface area contributed by atoms with Crippen molar-refractivity contribution in [1.29, 1.82) is 5.26 Å². The Labute approximate surface area is 144 Å². The highest BCUT2D eigenvalue weighted by molar-refractivity contribution is 6.31. The Hall–Kier alpha value is -3.46. The van der Waals surface area contributed by atoms with Crippen LogP contribution in [0.15, 0.2) is 60.7 Å². The third kappa shape index (κ3) is 2.56. The van der Waals surface area contributed by atoms with E-state index >= 15 is 0 Å². The van der Waals surface area contributed by atoms with E-state index in [9.17, 15) is 19.6 Å². The van der Waals surface area contributed by atoms with Gasteiger partial charge in [0.05, 0.1) is 11.8 Å². The standard InChI is InChI=1S/C19H15N3O3/c1-21-16(23)19(13-20,12-14-8-4-2-5-9-14)17(24)22(18(21)25)15-10-6-3-7-11-15/h2-11H,12H2,1H3. The summed E-state index contributed by atoms with van der Waals surface area (Å²) >= 11 is 0. The van der Waals surface area contributed by atoms with Crippen LogP contribution in [-0.2, 0) is 16.0 Å². The summed E-state index contributed by atoms with van der Waals surface area (Å²) in [5.41, 5.74) is -0.981. The number of urea groups is 1. The highest BCUT2D eigenvalue weighted by Crippen LogP contribution is 2.34. The summed E-state index contributed by atoms with van der Waals surface area (Å²) in [6, 6.07) is 18.2. The van der Waals surface area contributed by atoms with Gasteiger partial charge in [-0.25, -0.2) is 9.69 Å². The van der Waals surface area contributed by atoms with Gasteiger partial charge in [0.15, 0.2) is 0 Å². The number of amides is 4. The minimum Gasteiger partial charge on any atom is -0.272 e. The van der Waals surface area contributed by atoms with Crippen LogP contribution in [0.2, 0.25) is 0 Å². The van der Waals surface area contributed by atoms with Gasteiger partial charge in [0, 0.05) is 13.5 Å². The molecule has 0 saturated carbocycles. The molecule has 25 heavy (non-hydrogen) atoms. The van der Waals surface area contributed by atoms with E-state index in [0.29, 0.717) is 11.3 Å². The lowest BCUT2D eigenvalue weighted by Crippen LogP contribution is -2.64. The first kappa shape index (κ1) is 16.4. The highest BCUT2D eigenvalue weighted by Gasteiger charge is 2.57. The monoisotopic (exact) mass is 333 g/mol. The lowest BCUT2D eigenvalue weighted by atomic mass is 9.78. The fourth-order valence-corrected chi connectivity index (χ4v) is 2.89. The van der Waals surface area contributed by atoms with Crippen LogP contribution < -0.4 is 4.90 Å². The topological polar surface area (TPSA) is 81.5 Å². The van der Waals surface area contributed by atoms with Crippen molar-refractivity contribution in [1.82, 2.24) is 4.90 Å². The van der Waals surface area contributed by atoms with Crippen LogP contribution in [-0.4, -0.2) is 29.8 Å². The highest BCUT2D eigenvalue weighted by atomic mass is 16.2. The van der Waals surface area contributed by atoms with Crippen LogP contribution in [0.5, 0.6) is 0 Å². The van der Waals surface area contributed by atoms with Crippen LogP contribution in [0.4, 0.5) is 10.5 Å². The van der Waals surface area contributed by atoms with Crippen LogP contribution in [0, 0.1) is 16.7 Å². The van der Waals surface area contributed by atoms with Crippen molar-refractivity contribution in [3.63, 3.8) is 0 Å². The molecule has 1 aliphatic heterocycles. The quantitative estimate of drug-likeness (QED) is 0.808. The van der Waals surface area contributed by atoms with Gasteiger partial charge in [0.1, 0.15) is 0 Å². The molecule has 1 fully saturated rings. The first-order valence-electron chi connectivity index (χ1n) is 7.68. The number of hydrogen-bond donors (Lipinski definition) is 0. The van der Waals surface area contributed by atoms with Gasteiger partial charge >= 0.3 is 6.03 Å². The van der Waals surface area contributed by atoms with Gasteiger partial charge in [-0.15, -0.1) is 0 Å². The van der Waals surface area contributed by atoms with Crippen LogP contribution in [0.25, 0.3) is 0 Å². The third-order valence-corrected chi connectivity index (χ3v) is 4.23. The number of barbiturate groups is 1. The number of benzene rings is 2.